The van der Waals surface area contributed by atoms with Gasteiger partial charge in [0, 0.05) is 23.1 Å². The number of hydrogen-bond acceptors (Lipinski definition) is 3. The van der Waals surface area contributed by atoms with Crippen LogP contribution in [0.1, 0.15) is 46.5 Å². The van der Waals surface area contributed by atoms with E-state index in [4.69, 9.17) is 9.47 Å². The van der Waals surface area contributed by atoms with Crippen molar-refractivity contribution in [3.63, 3.8) is 0 Å². The maximum atomic E-state index is 13.1. The summed E-state index contributed by atoms with van der Waals surface area (Å²) in [5, 5.41) is 5.12. The van der Waals surface area contributed by atoms with E-state index in [-0.39, 0.29) is 5.91 Å². The first kappa shape index (κ1) is 18.7. The van der Waals surface area contributed by atoms with Gasteiger partial charge in [-0.1, -0.05) is 38.1 Å². The van der Waals surface area contributed by atoms with Crippen LogP contribution in [-0.2, 0) is 9.53 Å². The van der Waals surface area contributed by atoms with E-state index < -0.39 is 5.60 Å². The van der Waals surface area contributed by atoms with Gasteiger partial charge in [-0.15, -0.1) is 0 Å². The zero-order valence-corrected chi connectivity index (χ0v) is 16.0. The minimum Gasteiger partial charge on any atom is -0.493 e. The minimum absolute atomic E-state index is 0.0548. The molecule has 1 saturated carbocycles. The third kappa shape index (κ3) is 3.85. The maximum Gasteiger partial charge on any atom is 0.256 e. The lowest BCUT2D eigenvalue weighted by Gasteiger charge is -2.29. The van der Waals surface area contributed by atoms with Crippen LogP contribution in [0, 0.1) is 5.92 Å². The van der Waals surface area contributed by atoms with Crippen LogP contribution in [-0.4, -0.2) is 24.7 Å². The minimum atomic E-state index is -0.755. The van der Waals surface area contributed by atoms with Crippen LogP contribution in [0.5, 0.6) is 5.75 Å². The molecule has 0 spiro atoms. The molecule has 1 fully saturated rings. The molecule has 26 heavy (non-hydrogen) atoms. The summed E-state index contributed by atoms with van der Waals surface area (Å²) in [5.74, 6) is 1.11. The van der Waals surface area contributed by atoms with Crippen LogP contribution >= 0.6 is 0 Å². The van der Waals surface area contributed by atoms with Gasteiger partial charge in [0.05, 0.1) is 6.61 Å². The Kier molecular flexibility index (Phi) is 5.82. The maximum absolute atomic E-state index is 13.1. The Morgan fingerprint density at radius 3 is 2.42 bits per heavy atom. The fourth-order valence-corrected chi connectivity index (χ4v) is 3.28. The van der Waals surface area contributed by atoms with Crippen molar-refractivity contribution in [1.82, 2.24) is 0 Å². The molecule has 0 saturated heterocycles. The lowest BCUT2D eigenvalue weighted by Crippen LogP contribution is -2.45. The normalized spacial score (nSPS) is 16.3. The van der Waals surface area contributed by atoms with Crippen molar-refractivity contribution in [2.75, 3.05) is 18.5 Å². The summed E-state index contributed by atoms with van der Waals surface area (Å²) >= 11 is 0. The van der Waals surface area contributed by atoms with E-state index >= 15 is 0 Å². The Labute approximate surface area is 155 Å². The number of anilines is 1. The van der Waals surface area contributed by atoms with Crippen molar-refractivity contribution in [3.05, 3.63) is 36.4 Å². The van der Waals surface area contributed by atoms with Crippen molar-refractivity contribution in [1.29, 1.82) is 0 Å². The van der Waals surface area contributed by atoms with E-state index in [9.17, 15) is 4.79 Å². The predicted octanol–water partition coefficient (Wildman–Crippen LogP) is 5.16. The number of rotatable bonds is 9. The Morgan fingerprint density at radius 2 is 1.77 bits per heavy atom. The van der Waals surface area contributed by atoms with Crippen molar-refractivity contribution in [2.24, 2.45) is 5.92 Å². The van der Waals surface area contributed by atoms with E-state index in [0.717, 1.165) is 47.9 Å². The first-order chi connectivity index (χ1) is 12.6. The van der Waals surface area contributed by atoms with E-state index in [1.807, 2.05) is 43.3 Å². The van der Waals surface area contributed by atoms with Crippen molar-refractivity contribution < 1.29 is 14.3 Å². The third-order valence-electron chi connectivity index (χ3n) is 5.01. The van der Waals surface area contributed by atoms with Gasteiger partial charge >= 0.3 is 0 Å². The molecule has 1 atom stereocenters. The molecule has 140 valence electrons. The van der Waals surface area contributed by atoms with Gasteiger partial charge in [0.15, 0.2) is 0 Å². The van der Waals surface area contributed by atoms with Gasteiger partial charge in [-0.05, 0) is 50.7 Å². The highest BCUT2D eigenvalue weighted by molar-refractivity contribution is 6.06. The third-order valence-corrected chi connectivity index (χ3v) is 5.01. The smallest absolute Gasteiger partial charge is 0.256 e. The van der Waals surface area contributed by atoms with Crippen LogP contribution in [0.3, 0.4) is 0 Å². The summed E-state index contributed by atoms with van der Waals surface area (Å²) in [4.78, 5) is 13.1. The average Bonchev–Trinajstić information content (AvgIpc) is 3.51. The zero-order valence-electron chi connectivity index (χ0n) is 16.0. The number of amides is 1. The quantitative estimate of drug-likeness (QED) is 0.675. The molecule has 1 N–H and O–H groups in total. The van der Waals surface area contributed by atoms with Gasteiger partial charge in [0.25, 0.3) is 5.91 Å². The molecule has 1 amide bonds. The number of fused-ring (bicyclic) bond motifs is 1. The largest absolute Gasteiger partial charge is 0.493 e. The first-order valence-electron chi connectivity index (χ1n) is 9.70. The molecule has 4 heteroatoms. The molecule has 2 aromatic rings. The molecular formula is C22H29NO3. The molecule has 0 aromatic heterocycles. The number of carbonyl (C=O) groups excluding carboxylic acids is 1. The number of nitrogens with one attached hydrogen (secondary N) is 1. The highest BCUT2D eigenvalue weighted by Crippen LogP contribution is 2.43. The first-order valence-corrected chi connectivity index (χ1v) is 9.70. The van der Waals surface area contributed by atoms with Gasteiger partial charge in [-0.25, -0.2) is 0 Å². The SMILES string of the molecule is CCCOc1ccc(NC(=O)C(C)(OCCC)C2CC2)c2ccccc12. The van der Waals surface area contributed by atoms with Crippen LogP contribution in [0.25, 0.3) is 10.8 Å². The van der Waals surface area contributed by atoms with E-state index in [0.29, 0.717) is 19.1 Å². The number of benzene rings is 2. The van der Waals surface area contributed by atoms with Crippen LogP contribution < -0.4 is 10.1 Å². The summed E-state index contributed by atoms with van der Waals surface area (Å²) < 4.78 is 11.8. The van der Waals surface area contributed by atoms with Gasteiger partial charge in [0.1, 0.15) is 11.4 Å². The molecule has 1 aliphatic rings. The molecule has 0 bridgehead atoms. The predicted molar refractivity (Wildman–Crippen MR) is 106 cm³/mol. The average molecular weight is 355 g/mol. The summed E-state index contributed by atoms with van der Waals surface area (Å²) in [5.41, 5.74) is 0.0514. The molecule has 0 radical (unpaired) electrons. The lowest BCUT2D eigenvalue weighted by molar-refractivity contribution is -0.142. The van der Waals surface area contributed by atoms with Crippen LogP contribution in [0.2, 0.25) is 0 Å². The summed E-state index contributed by atoms with van der Waals surface area (Å²) in [6.07, 6.45) is 3.97. The topological polar surface area (TPSA) is 47.6 Å². The molecule has 1 unspecified atom stereocenters. The Morgan fingerprint density at radius 1 is 1.08 bits per heavy atom. The highest BCUT2D eigenvalue weighted by Gasteiger charge is 2.48. The number of ether oxygens (including phenoxy) is 2. The van der Waals surface area contributed by atoms with Gasteiger partial charge in [0.2, 0.25) is 0 Å². The summed E-state index contributed by atoms with van der Waals surface area (Å²) in [6, 6.07) is 11.9. The van der Waals surface area contributed by atoms with Crippen molar-refractivity contribution in [2.45, 2.75) is 52.1 Å². The van der Waals surface area contributed by atoms with Crippen LogP contribution in [0.15, 0.2) is 36.4 Å². The number of hydrogen-bond donors (Lipinski definition) is 1. The molecule has 0 heterocycles. The van der Waals surface area contributed by atoms with Gasteiger partial charge in [-0.2, -0.15) is 0 Å². The second-order valence-electron chi connectivity index (χ2n) is 7.19. The Bertz CT molecular complexity index is 769. The Hall–Kier alpha value is -2.07. The van der Waals surface area contributed by atoms with Crippen LogP contribution in [0.4, 0.5) is 5.69 Å². The van der Waals surface area contributed by atoms with Gasteiger partial charge in [-0.3, -0.25) is 4.79 Å². The van der Waals surface area contributed by atoms with E-state index in [2.05, 4.69) is 19.2 Å². The van der Waals surface area contributed by atoms with E-state index in [1.54, 1.807) is 0 Å². The van der Waals surface area contributed by atoms with Crippen molar-refractivity contribution in [3.8, 4) is 5.75 Å². The second kappa shape index (κ2) is 8.09. The molecule has 3 rings (SSSR count). The molecule has 0 aliphatic heterocycles. The Balaban J connectivity index is 1.87. The number of carbonyl (C=O) groups is 1. The molecule has 2 aromatic carbocycles. The summed E-state index contributed by atoms with van der Waals surface area (Å²) in [7, 11) is 0. The monoisotopic (exact) mass is 355 g/mol. The molecule has 1 aliphatic carbocycles. The summed E-state index contributed by atoms with van der Waals surface area (Å²) in [6.45, 7) is 7.36. The fourth-order valence-electron chi connectivity index (χ4n) is 3.28. The standard InChI is InChI=1S/C22H29NO3/c1-4-14-25-20-13-12-19(17-8-6-7-9-18(17)20)23-21(24)22(3,16-10-11-16)26-15-5-2/h6-9,12-13,16H,4-5,10-11,14-15H2,1-3H3,(H,23,24). The highest BCUT2D eigenvalue weighted by atomic mass is 16.5. The van der Waals surface area contributed by atoms with Crippen molar-refractivity contribution >= 4 is 22.4 Å². The fraction of sp³-hybridized carbons (Fsp3) is 0.500. The van der Waals surface area contributed by atoms with Gasteiger partial charge < -0.3 is 14.8 Å². The second-order valence-corrected chi connectivity index (χ2v) is 7.19. The zero-order chi connectivity index (χ0) is 18.6. The lowest BCUT2D eigenvalue weighted by atomic mass is 9.98. The molecular weight excluding hydrogens is 326 g/mol. The molecule has 4 nitrogen and oxygen atoms in total. The van der Waals surface area contributed by atoms with E-state index in [1.165, 1.54) is 0 Å².